The molecule has 0 bridgehead atoms. The Bertz CT molecular complexity index is 101. The van der Waals surface area contributed by atoms with Crippen molar-refractivity contribution in [3.8, 4) is 0 Å². The third-order valence-electron chi connectivity index (χ3n) is 1.08. The fraction of sp³-hybridized carbons (Fsp3) is 0.714. The molecule has 59 valence electrons. The molecule has 0 saturated carbocycles. The minimum absolute atomic E-state index is 0.283. The number of hydrogen-bond donors (Lipinski definition) is 1. The molecule has 1 N–H and O–H groups in total. The predicted octanol–water partition coefficient (Wildman–Crippen LogP) is 0.948. The Morgan fingerprint density at radius 3 is 2.80 bits per heavy atom. The normalized spacial score (nSPS) is 13.0. The smallest absolute Gasteiger partial charge is 0.308 e. The lowest BCUT2D eigenvalue weighted by molar-refractivity contribution is -0.143. The molecule has 0 rings (SSSR count). The number of hydrogen-bond acceptors (Lipinski definition) is 2. The monoisotopic (exact) mass is 145 g/mol. The topological polar surface area (TPSA) is 46.5 Å². The van der Waals surface area contributed by atoms with E-state index in [1.807, 2.05) is 0 Å². The zero-order valence-corrected chi connectivity index (χ0v) is 6.17. The first-order valence-electron chi connectivity index (χ1n) is 3.28. The summed E-state index contributed by atoms with van der Waals surface area (Å²) in [4.78, 5) is 10.2. The summed E-state index contributed by atoms with van der Waals surface area (Å²) in [5, 5.41) is 8.39. The lowest BCUT2D eigenvalue weighted by Crippen LogP contribution is -2.16. The first-order chi connectivity index (χ1) is 4.68. The standard InChI is InChI=1S/C7H13O3/c1-3-4-10-5-6(2)7(8)9/h6H,1,3-5H2,2H3,(H,8,9). The van der Waals surface area contributed by atoms with Crippen LogP contribution in [0.15, 0.2) is 0 Å². The van der Waals surface area contributed by atoms with Gasteiger partial charge >= 0.3 is 5.97 Å². The van der Waals surface area contributed by atoms with Crippen LogP contribution in [0.25, 0.3) is 0 Å². The van der Waals surface area contributed by atoms with Crippen LogP contribution in [0.3, 0.4) is 0 Å². The van der Waals surface area contributed by atoms with Gasteiger partial charge in [-0.25, -0.2) is 0 Å². The van der Waals surface area contributed by atoms with Gasteiger partial charge in [0, 0.05) is 6.61 Å². The quantitative estimate of drug-likeness (QED) is 0.586. The van der Waals surface area contributed by atoms with Crippen LogP contribution in [0.1, 0.15) is 13.3 Å². The molecule has 0 saturated heterocycles. The summed E-state index contributed by atoms with van der Waals surface area (Å²) >= 11 is 0. The number of carboxylic acids is 1. The number of ether oxygens (including phenoxy) is 1. The van der Waals surface area contributed by atoms with Crippen LogP contribution in [0.4, 0.5) is 0 Å². The molecule has 1 radical (unpaired) electrons. The zero-order chi connectivity index (χ0) is 7.98. The molecule has 3 nitrogen and oxygen atoms in total. The second-order valence-corrected chi connectivity index (χ2v) is 2.17. The summed E-state index contributed by atoms with van der Waals surface area (Å²) in [6, 6.07) is 0. The van der Waals surface area contributed by atoms with E-state index in [9.17, 15) is 4.79 Å². The first kappa shape index (κ1) is 9.43. The molecule has 0 aromatic rings. The highest BCUT2D eigenvalue weighted by Crippen LogP contribution is 1.95. The Balaban J connectivity index is 3.21. The molecule has 3 heteroatoms. The van der Waals surface area contributed by atoms with Gasteiger partial charge in [-0.15, -0.1) is 0 Å². The van der Waals surface area contributed by atoms with Crippen molar-refractivity contribution in [2.75, 3.05) is 13.2 Å². The van der Waals surface area contributed by atoms with Crippen LogP contribution in [-0.4, -0.2) is 24.3 Å². The molecule has 0 aliphatic carbocycles. The molecular weight excluding hydrogens is 132 g/mol. The molecule has 1 unspecified atom stereocenters. The Morgan fingerprint density at radius 2 is 2.40 bits per heavy atom. The van der Waals surface area contributed by atoms with E-state index in [1.54, 1.807) is 6.92 Å². The Labute approximate surface area is 61.0 Å². The second kappa shape index (κ2) is 5.23. The van der Waals surface area contributed by atoms with Gasteiger partial charge in [0.25, 0.3) is 0 Å². The minimum Gasteiger partial charge on any atom is -0.481 e. The maximum Gasteiger partial charge on any atom is 0.308 e. The van der Waals surface area contributed by atoms with Gasteiger partial charge < -0.3 is 9.84 Å². The molecule has 0 amide bonds. The van der Waals surface area contributed by atoms with Gasteiger partial charge in [0.2, 0.25) is 0 Å². The van der Waals surface area contributed by atoms with Crippen LogP contribution >= 0.6 is 0 Å². The van der Waals surface area contributed by atoms with Gasteiger partial charge in [-0.05, 0) is 13.3 Å². The van der Waals surface area contributed by atoms with E-state index in [0.717, 1.165) is 0 Å². The van der Waals surface area contributed by atoms with Crippen molar-refractivity contribution < 1.29 is 14.6 Å². The lowest BCUT2D eigenvalue weighted by atomic mass is 10.2. The van der Waals surface area contributed by atoms with Gasteiger partial charge in [0.1, 0.15) is 0 Å². The van der Waals surface area contributed by atoms with Crippen molar-refractivity contribution in [2.24, 2.45) is 5.92 Å². The Morgan fingerprint density at radius 1 is 1.80 bits per heavy atom. The van der Waals surface area contributed by atoms with Gasteiger partial charge in [0.05, 0.1) is 12.5 Å². The molecule has 0 aromatic carbocycles. The van der Waals surface area contributed by atoms with Crippen LogP contribution in [0.2, 0.25) is 0 Å². The summed E-state index contributed by atoms with van der Waals surface area (Å²) < 4.78 is 4.96. The third kappa shape index (κ3) is 4.32. The molecule has 1 atom stereocenters. The molecule has 0 heterocycles. The number of aliphatic carboxylic acids is 1. The van der Waals surface area contributed by atoms with E-state index in [1.165, 1.54) is 0 Å². The van der Waals surface area contributed by atoms with E-state index in [-0.39, 0.29) is 6.61 Å². The van der Waals surface area contributed by atoms with Crippen molar-refractivity contribution in [2.45, 2.75) is 13.3 Å². The van der Waals surface area contributed by atoms with Crippen LogP contribution in [0.5, 0.6) is 0 Å². The van der Waals surface area contributed by atoms with Crippen LogP contribution < -0.4 is 0 Å². The van der Waals surface area contributed by atoms with Crippen molar-refractivity contribution in [3.05, 3.63) is 6.92 Å². The summed E-state index contributed by atoms with van der Waals surface area (Å²) in [5.74, 6) is -1.23. The highest BCUT2D eigenvalue weighted by molar-refractivity contribution is 5.69. The number of carbonyl (C=O) groups is 1. The van der Waals surface area contributed by atoms with E-state index in [4.69, 9.17) is 9.84 Å². The second-order valence-electron chi connectivity index (χ2n) is 2.17. The highest BCUT2D eigenvalue weighted by Gasteiger charge is 2.09. The van der Waals surface area contributed by atoms with E-state index in [0.29, 0.717) is 13.0 Å². The molecule has 0 fully saturated rings. The Kier molecular flexibility index (Phi) is 4.94. The van der Waals surface area contributed by atoms with Crippen molar-refractivity contribution >= 4 is 5.97 Å². The fourth-order valence-electron chi connectivity index (χ4n) is 0.433. The fourth-order valence-corrected chi connectivity index (χ4v) is 0.433. The van der Waals surface area contributed by atoms with E-state index < -0.39 is 11.9 Å². The van der Waals surface area contributed by atoms with Gasteiger partial charge in [0.15, 0.2) is 0 Å². The SMILES string of the molecule is [CH2]CCOCC(C)C(=O)O. The molecule has 0 aliphatic rings. The average molecular weight is 145 g/mol. The summed E-state index contributed by atoms with van der Waals surface area (Å²) in [5.41, 5.74) is 0. The maximum atomic E-state index is 10.2. The first-order valence-corrected chi connectivity index (χ1v) is 3.28. The van der Waals surface area contributed by atoms with Crippen LogP contribution in [-0.2, 0) is 9.53 Å². The highest BCUT2D eigenvalue weighted by atomic mass is 16.5. The zero-order valence-electron chi connectivity index (χ0n) is 6.17. The van der Waals surface area contributed by atoms with E-state index >= 15 is 0 Å². The summed E-state index contributed by atoms with van der Waals surface area (Å²) in [6.45, 7) is 5.99. The Hall–Kier alpha value is -0.570. The molecule has 0 aliphatic heterocycles. The minimum atomic E-state index is -0.816. The molecule has 0 aromatic heterocycles. The predicted molar refractivity (Wildman–Crippen MR) is 37.6 cm³/mol. The van der Waals surface area contributed by atoms with Crippen LogP contribution in [0, 0.1) is 12.8 Å². The summed E-state index contributed by atoms with van der Waals surface area (Å²) in [7, 11) is 0. The van der Waals surface area contributed by atoms with E-state index in [2.05, 4.69) is 6.92 Å². The van der Waals surface area contributed by atoms with Crippen molar-refractivity contribution in [3.63, 3.8) is 0 Å². The largest absolute Gasteiger partial charge is 0.481 e. The molecule has 10 heavy (non-hydrogen) atoms. The molecule has 0 spiro atoms. The molecular formula is C7H13O3. The van der Waals surface area contributed by atoms with Crippen molar-refractivity contribution in [1.29, 1.82) is 0 Å². The van der Waals surface area contributed by atoms with Gasteiger partial charge in [-0.1, -0.05) is 6.92 Å². The summed E-state index contributed by atoms with van der Waals surface area (Å²) in [6.07, 6.45) is 0.687. The van der Waals surface area contributed by atoms with Crippen molar-refractivity contribution in [1.82, 2.24) is 0 Å². The number of rotatable bonds is 5. The van der Waals surface area contributed by atoms with Gasteiger partial charge in [-0.2, -0.15) is 0 Å². The third-order valence-corrected chi connectivity index (χ3v) is 1.08. The average Bonchev–Trinajstić information content (AvgIpc) is 1.88. The maximum absolute atomic E-state index is 10.2. The lowest BCUT2D eigenvalue weighted by Gasteiger charge is -2.05. The van der Waals surface area contributed by atoms with Gasteiger partial charge in [-0.3, -0.25) is 4.79 Å². The number of carboxylic acid groups (broad SMARTS) is 1.